The van der Waals surface area contributed by atoms with Crippen molar-refractivity contribution in [2.45, 2.75) is 31.3 Å². The molecule has 0 saturated heterocycles. The third-order valence-corrected chi connectivity index (χ3v) is 4.21. The van der Waals surface area contributed by atoms with E-state index in [1.54, 1.807) is 6.07 Å². The highest BCUT2D eigenvalue weighted by atomic mass is 19.1. The Balaban J connectivity index is 1.58. The third kappa shape index (κ3) is 3.08. The number of benzene rings is 1. The van der Waals surface area contributed by atoms with Gasteiger partial charge in [-0.2, -0.15) is 0 Å². The van der Waals surface area contributed by atoms with Gasteiger partial charge in [-0.25, -0.2) is 9.18 Å². The molecule has 3 rings (SSSR count). The smallest absolute Gasteiger partial charge is 0.315 e. The third-order valence-electron chi connectivity index (χ3n) is 4.21. The predicted octanol–water partition coefficient (Wildman–Crippen LogP) is 2.05. The molecule has 0 bridgehead atoms. The normalized spacial score (nSPS) is 26.7. The quantitative estimate of drug-likeness (QED) is 0.746. The molecule has 3 N–H and O–H groups in total. The summed E-state index contributed by atoms with van der Waals surface area (Å²) in [6, 6.07) is 4.33. The van der Waals surface area contributed by atoms with Crippen molar-refractivity contribution in [3.63, 3.8) is 0 Å². The van der Waals surface area contributed by atoms with Gasteiger partial charge in [-0.15, -0.1) is 0 Å². The number of aliphatic hydroxyl groups is 1. The second-order valence-electron chi connectivity index (χ2n) is 5.72. The summed E-state index contributed by atoms with van der Waals surface area (Å²) in [4.78, 5) is 12.0. The van der Waals surface area contributed by atoms with Crippen molar-refractivity contribution in [2.75, 3.05) is 6.61 Å². The number of halogens is 1. The Labute approximate surface area is 123 Å². The van der Waals surface area contributed by atoms with E-state index in [4.69, 9.17) is 5.11 Å². The zero-order chi connectivity index (χ0) is 14.8. The number of carbonyl (C=O) groups is 1. The summed E-state index contributed by atoms with van der Waals surface area (Å²) in [6.45, 7) is 0.103. The van der Waals surface area contributed by atoms with Crippen LogP contribution in [0.3, 0.4) is 0 Å². The molecule has 0 spiro atoms. The van der Waals surface area contributed by atoms with Crippen molar-refractivity contribution in [3.8, 4) is 0 Å². The largest absolute Gasteiger partial charge is 0.396 e. The zero-order valence-electron chi connectivity index (χ0n) is 11.7. The van der Waals surface area contributed by atoms with Gasteiger partial charge in [0.25, 0.3) is 0 Å². The van der Waals surface area contributed by atoms with Crippen molar-refractivity contribution in [2.24, 2.45) is 5.92 Å². The van der Waals surface area contributed by atoms with E-state index in [0.29, 0.717) is 0 Å². The summed E-state index contributed by atoms with van der Waals surface area (Å²) >= 11 is 0. The fourth-order valence-electron chi connectivity index (χ4n) is 3.11. The number of hydrogen-bond acceptors (Lipinski definition) is 2. The van der Waals surface area contributed by atoms with Crippen molar-refractivity contribution in [3.05, 3.63) is 47.3 Å². The van der Waals surface area contributed by atoms with Gasteiger partial charge in [0.05, 0.1) is 6.04 Å². The molecule has 112 valence electrons. The van der Waals surface area contributed by atoms with Gasteiger partial charge in [-0.05, 0) is 42.5 Å². The molecule has 1 aromatic carbocycles. The summed E-state index contributed by atoms with van der Waals surface area (Å²) < 4.78 is 13.3. The Morgan fingerprint density at radius 1 is 1.33 bits per heavy atom. The summed E-state index contributed by atoms with van der Waals surface area (Å²) in [7, 11) is 0. The second kappa shape index (κ2) is 5.85. The van der Waals surface area contributed by atoms with Crippen molar-refractivity contribution in [1.29, 1.82) is 0 Å². The van der Waals surface area contributed by atoms with Crippen LogP contribution in [-0.2, 0) is 6.42 Å². The number of carbonyl (C=O) groups excluding carboxylic acids is 1. The van der Waals surface area contributed by atoms with Crippen LogP contribution >= 0.6 is 0 Å². The van der Waals surface area contributed by atoms with Gasteiger partial charge >= 0.3 is 6.03 Å². The number of fused-ring (bicyclic) bond motifs is 1. The van der Waals surface area contributed by atoms with E-state index in [9.17, 15) is 9.18 Å². The van der Waals surface area contributed by atoms with Crippen LogP contribution in [0.15, 0.2) is 30.4 Å². The highest BCUT2D eigenvalue weighted by Gasteiger charge is 2.26. The van der Waals surface area contributed by atoms with E-state index in [2.05, 4.69) is 10.6 Å². The van der Waals surface area contributed by atoms with Crippen molar-refractivity contribution < 1.29 is 14.3 Å². The summed E-state index contributed by atoms with van der Waals surface area (Å²) in [5.74, 6) is -0.149. The lowest BCUT2D eigenvalue weighted by Crippen LogP contribution is -2.42. The highest BCUT2D eigenvalue weighted by molar-refractivity contribution is 5.75. The molecule has 0 aromatic heterocycles. The molecule has 0 heterocycles. The summed E-state index contributed by atoms with van der Waals surface area (Å²) in [5, 5.41) is 14.9. The van der Waals surface area contributed by atoms with Crippen LogP contribution in [0.25, 0.3) is 0 Å². The van der Waals surface area contributed by atoms with Gasteiger partial charge in [-0.3, -0.25) is 0 Å². The van der Waals surface area contributed by atoms with E-state index in [-0.39, 0.29) is 36.5 Å². The Hall–Kier alpha value is -1.88. The summed E-state index contributed by atoms with van der Waals surface area (Å²) in [5.41, 5.74) is 1.98. The average molecular weight is 290 g/mol. The number of aryl methyl sites for hydroxylation is 1. The van der Waals surface area contributed by atoms with Crippen LogP contribution in [0.2, 0.25) is 0 Å². The van der Waals surface area contributed by atoms with Crippen LogP contribution in [0.5, 0.6) is 0 Å². The molecule has 0 saturated carbocycles. The van der Waals surface area contributed by atoms with Crippen molar-refractivity contribution >= 4 is 6.03 Å². The van der Waals surface area contributed by atoms with Crippen LogP contribution in [0.1, 0.15) is 30.0 Å². The Morgan fingerprint density at radius 2 is 2.19 bits per heavy atom. The van der Waals surface area contributed by atoms with Crippen molar-refractivity contribution in [1.82, 2.24) is 10.6 Å². The van der Waals surface area contributed by atoms with Gasteiger partial charge in [0.2, 0.25) is 0 Å². The molecule has 0 unspecified atom stereocenters. The molecule has 3 atom stereocenters. The zero-order valence-corrected chi connectivity index (χ0v) is 11.7. The standard InChI is InChI=1S/C16H19FN2O2/c17-12-4-2-11-3-6-15(14(11)8-12)19-16(21)18-13-5-1-10(7-13)9-20/h1-2,4-5,8,10,13,15,20H,3,6-7,9H2,(H2,18,19,21)/t10-,13+,15+/m0/s1. The van der Waals surface area contributed by atoms with Crippen LogP contribution < -0.4 is 10.6 Å². The molecule has 21 heavy (non-hydrogen) atoms. The maximum atomic E-state index is 13.3. The molecule has 2 aliphatic carbocycles. The fourth-order valence-corrected chi connectivity index (χ4v) is 3.11. The number of aliphatic hydroxyl groups excluding tert-OH is 1. The number of nitrogens with one attached hydrogen (secondary N) is 2. The maximum Gasteiger partial charge on any atom is 0.315 e. The van der Waals surface area contributed by atoms with Crippen LogP contribution in [-0.4, -0.2) is 23.8 Å². The lowest BCUT2D eigenvalue weighted by Gasteiger charge is -2.18. The van der Waals surface area contributed by atoms with Crippen LogP contribution in [0.4, 0.5) is 9.18 Å². The first-order chi connectivity index (χ1) is 10.2. The number of urea groups is 1. The van der Waals surface area contributed by atoms with Gasteiger partial charge in [0.1, 0.15) is 5.82 Å². The first-order valence-electron chi connectivity index (χ1n) is 7.30. The monoisotopic (exact) mass is 290 g/mol. The highest BCUT2D eigenvalue weighted by Crippen LogP contribution is 2.31. The Kier molecular flexibility index (Phi) is 3.92. The molecule has 0 aliphatic heterocycles. The van der Waals surface area contributed by atoms with E-state index in [1.807, 2.05) is 12.2 Å². The summed E-state index contributed by atoms with van der Waals surface area (Å²) in [6.07, 6.45) is 6.20. The maximum absolute atomic E-state index is 13.3. The molecule has 5 heteroatoms. The average Bonchev–Trinajstić information content (AvgIpc) is 3.06. The predicted molar refractivity (Wildman–Crippen MR) is 77.3 cm³/mol. The number of hydrogen-bond donors (Lipinski definition) is 3. The molecular weight excluding hydrogens is 271 g/mol. The van der Waals surface area contributed by atoms with Crippen LogP contribution in [0, 0.1) is 11.7 Å². The van der Waals surface area contributed by atoms with Gasteiger partial charge in [0.15, 0.2) is 0 Å². The molecule has 2 amide bonds. The number of amides is 2. The van der Waals surface area contributed by atoms with Gasteiger partial charge < -0.3 is 15.7 Å². The van der Waals surface area contributed by atoms with E-state index in [0.717, 1.165) is 30.4 Å². The van der Waals surface area contributed by atoms with Gasteiger partial charge in [0, 0.05) is 18.6 Å². The van der Waals surface area contributed by atoms with E-state index in [1.165, 1.54) is 12.1 Å². The lowest BCUT2D eigenvalue weighted by atomic mass is 10.1. The molecule has 1 aromatic rings. The molecular formula is C16H19FN2O2. The second-order valence-corrected chi connectivity index (χ2v) is 5.72. The topological polar surface area (TPSA) is 61.4 Å². The first-order valence-corrected chi connectivity index (χ1v) is 7.30. The molecule has 4 nitrogen and oxygen atoms in total. The Morgan fingerprint density at radius 3 is 2.95 bits per heavy atom. The minimum absolute atomic E-state index is 0.0458. The fraction of sp³-hybridized carbons (Fsp3) is 0.438. The minimum Gasteiger partial charge on any atom is -0.396 e. The van der Waals surface area contributed by atoms with Gasteiger partial charge in [-0.1, -0.05) is 18.2 Å². The molecule has 0 fully saturated rings. The van der Waals surface area contributed by atoms with E-state index >= 15 is 0 Å². The lowest BCUT2D eigenvalue weighted by molar-refractivity contribution is 0.228. The first kappa shape index (κ1) is 14.1. The molecule has 2 aliphatic rings. The minimum atomic E-state index is -0.271. The van der Waals surface area contributed by atoms with E-state index < -0.39 is 0 Å². The number of rotatable bonds is 3. The molecule has 0 radical (unpaired) electrons. The SMILES string of the molecule is O=C(N[C@@H]1C=C[C@H](CO)C1)N[C@@H]1CCc2ccc(F)cc21. The Bertz CT molecular complexity index is 573.